The summed E-state index contributed by atoms with van der Waals surface area (Å²) >= 11 is 0. The molecule has 0 radical (unpaired) electrons. The van der Waals surface area contributed by atoms with Crippen molar-refractivity contribution < 1.29 is 14.7 Å². The van der Waals surface area contributed by atoms with Gasteiger partial charge in [0.05, 0.1) is 17.7 Å². The predicted octanol–water partition coefficient (Wildman–Crippen LogP) is 3.13. The molecule has 1 N–H and O–H groups in total. The number of aliphatic hydroxyl groups excluding tert-OH is 1. The Hall–Kier alpha value is -2.46. The largest absolute Gasteiger partial charge is 0.391 e. The van der Waals surface area contributed by atoms with E-state index in [1.807, 2.05) is 32.0 Å². The normalized spacial score (nSPS) is 24.1. The molecule has 0 spiro atoms. The summed E-state index contributed by atoms with van der Waals surface area (Å²) in [7, 11) is 0. The van der Waals surface area contributed by atoms with Crippen molar-refractivity contribution in [3.63, 3.8) is 0 Å². The van der Waals surface area contributed by atoms with Crippen LogP contribution in [0, 0.1) is 19.8 Å². The Kier molecular flexibility index (Phi) is 4.16. The number of hydrogen-bond donors (Lipinski definition) is 1. The Bertz CT molecular complexity index is 889. The summed E-state index contributed by atoms with van der Waals surface area (Å²) in [5.41, 5.74) is 3.64. The minimum atomic E-state index is -0.444. The van der Waals surface area contributed by atoms with Crippen LogP contribution in [0.5, 0.6) is 0 Å². The van der Waals surface area contributed by atoms with Gasteiger partial charge >= 0.3 is 0 Å². The van der Waals surface area contributed by atoms with E-state index in [-0.39, 0.29) is 17.7 Å². The molecule has 4 heteroatoms. The standard InChI is InChI=1S/C22H23NO3/c1-13-7-8-16(9-14(13)2)21(25)17-5-3-4-6-18(17)22(26)23-12-15-10-19(23)20(24)11-15/h3-9,15,19-20,24H,10-12H2,1-2H3/t15-,19+,20+/m0/s1. The number of nitrogens with zero attached hydrogens (tertiary/aromatic N) is 1. The molecule has 1 amide bonds. The van der Waals surface area contributed by atoms with Crippen LogP contribution in [0.2, 0.25) is 0 Å². The van der Waals surface area contributed by atoms with E-state index in [0.29, 0.717) is 29.2 Å². The van der Waals surface area contributed by atoms with Crippen molar-refractivity contribution in [3.05, 3.63) is 70.3 Å². The van der Waals surface area contributed by atoms with Crippen LogP contribution in [-0.4, -0.2) is 40.4 Å². The molecule has 2 aliphatic rings. The van der Waals surface area contributed by atoms with Crippen molar-refractivity contribution in [2.24, 2.45) is 5.92 Å². The number of likely N-dealkylation sites (tertiary alicyclic amines) is 1. The molecule has 2 fully saturated rings. The summed E-state index contributed by atoms with van der Waals surface area (Å²) < 4.78 is 0. The fourth-order valence-electron chi connectivity index (χ4n) is 4.29. The van der Waals surface area contributed by atoms with Gasteiger partial charge in [0.2, 0.25) is 0 Å². The Balaban J connectivity index is 1.67. The summed E-state index contributed by atoms with van der Waals surface area (Å²) in [6, 6.07) is 12.5. The average molecular weight is 349 g/mol. The Morgan fingerprint density at radius 3 is 2.38 bits per heavy atom. The molecule has 2 aromatic rings. The maximum absolute atomic E-state index is 13.1. The highest BCUT2D eigenvalue weighted by Gasteiger charge is 2.46. The number of aliphatic hydroxyl groups is 1. The van der Waals surface area contributed by atoms with Gasteiger partial charge in [-0.1, -0.05) is 30.3 Å². The molecule has 1 heterocycles. The topological polar surface area (TPSA) is 57.6 Å². The van der Waals surface area contributed by atoms with E-state index < -0.39 is 6.10 Å². The number of carbonyl (C=O) groups excluding carboxylic acids is 2. The van der Waals surface area contributed by atoms with Gasteiger partial charge in [-0.2, -0.15) is 0 Å². The Labute approximate surface area is 153 Å². The Morgan fingerprint density at radius 2 is 1.73 bits per heavy atom. The third-order valence-corrected chi connectivity index (χ3v) is 5.88. The first kappa shape index (κ1) is 17.0. The number of piperidine rings is 1. The predicted molar refractivity (Wildman–Crippen MR) is 99.3 cm³/mol. The van der Waals surface area contributed by atoms with Gasteiger partial charge in [0, 0.05) is 17.7 Å². The van der Waals surface area contributed by atoms with Crippen LogP contribution in [0.15, 0.2) is 42.5 Å². The van der Waals surface area contributed by atoms with Crippen LogP contribution in [0.25, 0.3) is 0 Å². The highest BCUT2D eigenvalue weighted by molar-refractivity contribution is 6.15. The second-order valence-corrected chi connectivity index (χ2v) is 7.60. The van der Waals surface area contributed by atoms with E-state index in [1.165, 1.54) is 0 Å². The molecular weight excluding hydrogens is 326 g/mol. The number of rotatable bonds is 3. The molecule has 4 nitrogen and oxygen atoms in total. The second-order valence-electron chi connectivity index (χ2n) is 7.60. The number of ketones is 1. The molecule has 1 saturated heterocycles. The lowest BCUT2D eigenvalue weighted by Gasteiger charge is -2.31. The fourth-order valence-corrected chi connectivity index (χ4v) is 4.29. The first-order valence-electron chi connectivity index (χ1n) is 9.15. The smallest absolute Gasteiger partial charge is 0.254 e. The van der Waals surface area contributed by atoms with Gasteiger partial charge in [-0.25, -0.2) is 0 Å². The van der Waals surface area contributed by atoms with E-state index in [9.17, 15) is 14.7 Å². The number of carbonyl (C=O) groups is 2. The van der Waals surface area contributed by atoms with Crippen molar-refractivity contribution in [1.82, 2.24) is 4.90 Å². The van der Waals surface area contributed by atoms with Crippen molar-refractivity contribution in [3.8, 4) is 0 Å². The monoisotopic (exact) mass is 349 g/mol. The third-order valence-electron chi connectivity index (χ3n) is 5.88. The zero-order valence-corrected chi connectivity index (χ0v) is 15.1. The molecule has 4 rings (SSSR count). The number of aryl methyl sites for hydroxylation is 2. The molecule has 1 saturated carbocycles. The van der Waals surface area contributed by atoms with Gasteiger partial charge in [0.1, 0.15) is 0 Å². The second kappa shape index (κ2) is 6.36. The van der Waals surface area contributed by atoms with E-state index >= 15 is 0 Å². The maximum atomic E-state index is 13.1. The van der Waals surface area contributed by atoms with Gasteiger partial charge in [0.25, 0.3) is 5.91 Å². The quantitative estimate of drug-likeness (QED) is 0.866. The zero-order valence-electron chi connectivity index (χ0n) is 15.1. The highest BCUT2D eigenvalue weighted by atomic mass is 16.3. The van der Waals surface area contributed by atoms with Crippen LogP contribution in [0.1, 0.15) is 50.2 Å². The molecule has 1 aliphatic heterocycles. The summed E-state index contributed by atoms with van der Waals surface area (Å²) in [4.78, 5) is 27.9. The molecule has 1 aliphatic carbocycles. The molecule has 26 heavy (non-hydrogen) atoms. The van der Waals surface area contributed by atoms with Gasteiger partial charge in [-0.3, -0.25) is 9.59 Å². The summed E-state index contributed by atoms with van der Waals surface area (Å²) in [5.74, 6) is 0.0903. The minimum Gasteiger partial charge on any atom is -0.391 e. The maximum Gasteiger partial charge on any atom is 0.254 e. The summed E-state index contributed by atoms with van der Waals surface area (Å²) in [6.07, 6.45) is 1.19. The molecule has 2 bridgehead atoms. The van der Waals surface area contributed by atoms with E-state index in [1.54, 1.807) is 29.2 Å². The number of benzene rings is 2. The molecule has 0 aromatic heterocycles. The lowest BCUT2D eigenvalue weighted by molar-refractivity contribution is 0.0402. The molecule has 2 aromatic carbocycles. The lowest BCUT2D eigenvalue weighted by atomic mass is 9.95. The van der Waals surface area contributed by atoms with Crippen molar-refractivity contribution in [2.45, 2.75) is 38.8 Å². The van der Waals surface area contributed by atoms with Gasteiger partial charge in [-0.15, -0.1) is 0 Å². The molecule has 3 atom stereocenters. The van der Waals surface area contributed by atoms with Gasteiger partial charge in [-0.05, 0) is 55.9 Å². The van der Waals surface area contributed by atoms with Crippen molar-refractivity contribution >= 4 is 11.7 Å². The molecule has 134 valence electrons. The summed E-state index contributed by atoms with van der Waals surface area (Å²) in [5, 5.41) is 10.1. The third kappa shape index (κ3) is 2.74. The van der Waals surface area contributed by atoms with E-state index in [0.717, 1.165) is 24.0 Å². The molecule has 0 unspecified atom stereocenters. The van der Waals surface area contributed by atoms with Crippen LogP contribution in [-0.2, 0) is 0 Å². The number of fused-ring (bicyclic) bond motifs is 2. The van der Waals surface area contributed by atoms with Crippen LogP contribution in [0.3, 0.4) is 0 Å². The van der Waals surface area contributed by atoms with Crippen LogP contribution in [0.4, 0.5) is 0 Å². The van der Waals surface area contributed by atoms with E-state index in [4.69, 9.17) is 0 Å². The first-order chi connectivity index (χ1) is 12.5. The average Bonchev–Trinajstić information content (AvgIpc) is 3.22. The SMILES string of the molecule is Cc1ccc(C(=O)c2ccccc2C(=O)N2C[C@@H]3C[C@@H](O)[C@H]2C3)cc1C. The highest BCUT2D eigenvalue weighted by Crippen LogP contribution is 2.38. The zero-order chi connectivity index (χ0) is 18.4. The van der Waals surface area contributed by atoms with Gasteiger partial charge in [0.15, 0.2) is 5.78 Å². The van der Waals surface area contributed by atoms with Gasteiger partial charge < -0.3 is 10.0 Å². The Morgan fingerprint density at radius 1 is 1.00 bits per heavy atom. The van der Waals surface area contributed by atoms with E-state index in [2.05, 4.69) is 0 Å². The number of amides is 1. The van der Waals surface area contributed by atoms with Crippen molar-refractivity contribution in [1.29, 1.82) is 0 Å². The van der Waals surface area contributed by atoms with Crippen molar-refractivity contribution in [2.75, 3.05) is 6.54 Å². The lowest BCUT2D eigenvalue weighted by Crippen LogP contribution is -2.45. The fraction of sp³-hybridized carbons (Fsp3) is 0.364. The van der Waals surface area contributed by atoms with Crippen LogP contribution >= 0.6 is 0 Å². The number of hydrogen-bond acceptors (Lipinski definition) is 3. The first-order valence-corrected chi connectivity index (χ1v) is 9.15. The molecular formula is C22H23NO3. The van der Waals surface area contributed by atoms with Crippen LogP contribution < -0.4 is 0 Å². The minimum absolute atomic E-state index is 0.114. The summed E-state index contributed by atoms with van der Waals surface area (Å²) in [6.45, 7) is 4.66.